The third kappa shape index (κ3) is 5.50. The van der Waals surface area contributed by atoms with Crippen molar-refractivity contribution >= 4 is 23.6 Å². The Morgan fingerprint density at radius 2 is 1.77 bits per heavy atom. The number of hydrogen-bond acceptors (Lipinski definition) is 5. The van der Waals surface area contributed by atoms with E-state index in [0.29, 0.717) is 31.7 Å². The van der Waals surface area contributed by atoms with E-state index in [9.17, 15) is 14.4 Å². The summed E-state index contributed by atoms with van der Waals surface area (Å²) in [7, 11) is 0. The topological polar surface area (TPSA) is 82.2 Å². The van der Waals surface area contributed by atoms with Crippen LogP contribution >= 0.6 is 0 Å². The summed E-state index contributed by atoms with van der Waals surface area (Å²) in [5.41, 5.74) is 2.08. The monoisotopic (exact) mass is 416 g/mol. The lowest BCUT2D eigenvalue weighted by molar-refractivity contribution is -0.116. The van der Waals surface area contributed by atoms with Gasteiger partial charge in [0.25, 0.3) is 5.91 Å². The molecular formula is C22H32N4O4. The van der Waals surface area contributed by atoms with Gasteiger partial charge < -0.3 is 19.9 Å². The summed E-state index contributed by atoms with van der Waals surface area (Å²) in [6.07, 6.45) is 0.508. The second-order valence-corrected chi connectivity index (χ2v) is 8.83. The lowest BCUT2D eigenvalue weighted by Gasteiger charge is -2.35. The van der Waals surface area contributed by atoms with E-state index in [1.807, 2.05) is 32.9 Å². The lowest BCUT2D eigenvalue weighted by Crippen LogP contribution is -2.51. The molecule has 8 heteroatoms. The number of fused-ring (bicyclic) bond motifs is 1. The molecular weight excluding hydrogens is 384 g/mol. The summed E-state index contributed by atoms with van der Waals surface area (Å²) in [5.74, 6) is -0.0795. The standard InChI is InChI=1S/C22H32N4O4/c1-16(27)26-9-7-17-15-18(5-6-19(17)26)20(28)23-8-10-24-11-13-25(14-12-24)21(29)30-22(2,3)4/h5-6,15H,7-14H2,1-4H3,(H,23,28). The van der Waals surface area contributed by atoms with E-state index >= 15 is 0 Å². The maximum Gasteiger partial charge on any atom is 0.410 e. The van der Waals surface area contributed by atoms with Gasteiger partial charge in [-0.1, -0.05) is 0 Å². The second kappa shape index (κ2) is 9.04. The van der Waals surface area contributed by atoms with Gasteiger partial charge in [0, 0.05) is 64.0 Å². The Morgan fingerprint density at radius 1 is 1.07 bits per heavy atom. The Bertz CT molecular complexity index is 810. The SMILES string of the molecule is CC(=O)N1CCc2cc(C(=O)NCCN3CCN(C(=O)OC(C)(C)C)CC3)ccc21. The normalized spacial score (nSPS) is 16.9. The van der Waals surface area contributed by atoms with Gasteiger partial charge in [-0.05, 0) is 51.0 Å². The second-order valence-electron chi connectivity index (χ2n) is 8.83. The van der Waals surface area contributed by atoms with Crippen LogP contribution in [0.25, 0.3) is 0 Å². The van der Waals surface area contributed by atoms with Gasteiger partial charge in [-0.25, -0.2) is 4.79 Å². The van der Waals surface area contributed by atoms with E-state index in [1.54, 1.807) is 22.8 Å². The van der Waals surface area contributed by atoms with Gasteiger partial charge in [-0.2, -0.15) is 0 Å². The predicted octanol–water partition coefficient (Wildman–Crippen LogP) is 1.88. The largest absolute Gasteiger partial charge is 0.444 e. The molecule has 1 saturated heterocycles. The van der Waals surface area contributed by atoms with Gasteiger partial charge in [0.1, 0.15) is 5.60 Å². The quantitative estimate of drug-likeness (QED) is 0.810. The first-order valence-corrected chi connectivity index (χ1v) is 10.5. The molecule has 30 heavy (non-hydrogen) atoms. The molecule has 0 saturated carbocycles. The van der Waals surface area contributed by atoms with Gasteiger partial charge in [0.05, 0.1) is 0 Å². The van der Waals surface area contributed by atoms with Crippen molar-refractivity contribution in [2.24, 2.45) is 0 Å². The van der Waals surface area contributed by atoms with Gasteiger partial charge in [-0.15, -0.1) is 0 Å². The number of carbonyl (C=O) groups is 3. The van der Waals surface area contributed by atoms with Crippen molar-refractivity contribution in [1.29, 1.82) is 0 Å². The zero-order chi connectivity index (χ0) is 21.9. The average Bonchev–Trinajstić information content (AvgIpc) is 3.10. The van der Waals surface area contributed by atoms with Crippen LogP contribution in [0.1, 0.15) is 43.6 Å². The fraction of sp³-hybridized carbons (Fsp3) is 0.591. The molecule has 2 heterocycles. The Kier molecular flexibility index (Phi) is 6.65. The molecule has 0 spiro atoms. The van der Waals surface area contributed by atoms with Crippen LogP contribution in [0.4, 0.5) is 10.5 Å². The number of rotatable bonds is 4. The molecule has 0 aromatic heterocycles. The molecule has 8 nitrogen and oxygen atoms in total. The number of amides is 3. The smallest absolute Gasteiger partial charge is 0.410 e. The van der Waals surface area contributed by atoms with Crippen molar-refractivity contribution in [1.82, 2.24) is 15.1 Å². The number of nitrogens with one attached hydrogen (secondary N) is 1. The van der Waals surface area contributed by atoms with E-state index in [2.05, 4.69) is 10.2 Å². The number of nitrogens with zero attached hydrogens (tertiary/aromatic N) is 3. The number of benzene rings is 1. The molecule has 1 aromatic carbocycles. The highest BCUT2D eigenvalue weighted by atomic mass is 16.6. The third-order valence-corrected chi connectivity index (χ3v) is 5.35. The van der Waals surface area contributed by atoms with Crippen LogP contribution in [-0.2, 0) is 16.0 Å². The highest BCUT2D eigenvalue weighted by molar-refractivity contribution is 5.97. The first kappa shape index (κ1) is 22.1. The molecule has 0 radical (unpaired) electrons. The van der Waals surface area contributed by atoms with Crippen LogP contribution in [-0.4, -0.2) is 79.1 Å². The first-order chi connectivity index (χ1) is 14.1. The van der Waals surface area contributed by atoms with Crippen molar-refractivity contribution in [3.8, 4) is 0 Å². The average molecular weight is 417 g/mol. The van der Waals surface area contributed by atoms with Crippen molar-refractivity contribution < 1.29 is 19.1 Å². The van der Waals surface area contributed by atoms with Crippen LogP contribution in [0.2, 0.25) is 0 Å². The van der Waals surface area contributed by atoms with E-state index in [-0.39, 0.29) is 17.9 Å². The van der Waals surface area contributed by atoms with Crippen LogP contribution < -0.4 is 10.2 Å². The van der Waals surface area contributed by atoms with E-state index < -0.39 is 5.60 Å². The highest BCUT2D eigenvalue weighted by Gasteiger charge is 2.26. The molecule has 0 atom stereocenters. The van der Waals surface area contributed by atoms with Crippen LogP contribution in [0.15, 0.2) is 18.2 Å². The summed E-state index contributed by atoms with van der Waals surface area (Å²) in [5, 5.41) is 2.97. The summed E-state index contributed by atoms with van der Waals surface area (Å²) >= 11 is 0. The van der Waals surface area contributed by atoms with Crippen molar-refractivity contribution in [3.63, 3.8) is 0 Å². The Balaban J connectivity index is 1.42. The lowest BCUT2D eigenvalue weighted by atomic mass is 10.1. The Hall–Kier alpha value is -2.61. The van der Waals surface area contributed by atoms with E-state index in [1.165, 1.54) is 0 Å². The number of ether oxygens (including phenoxy) is 1. The highest BCUT2D eigenvalue weighted by Crippen LogP contribution is 2.28. The molecule has 0 aliphatic carbocycles. The number of carbonyl (C=O) groups excluding carboxylic acids is 3. The maximum atomic E-state index is 12.5. The van der Waals surface area contributed by atoms with Crippen LogP contribution in [0.5, 0.6) is 0 Å². The Morgan fingerprint density at radius 3 is 2.40 bits per heavy atom. The molecule has 164 valence electrons. The number of hydrogen-bond donors (Lipinski definition) is 1. The van der Waals surface area contributed by atoms with Gasteiger partial charge in [0.15, 0.2) is 0 Å². The van der Waals surface area contributed by atoms with Crippen molar-refractivity contribution in [2.45, 2.75) is 39.7 Å². The van der Waals surface area contributed by atoms with Crippen LogP contribution in [0, 0.1) is 0 Å². The van der Waals surface area contributed by atoms with Gasteiger partial charge in [0.2, 0.25) is 5.91 Å². The molecule has 1 fully saturated rings. The molecule has 0 bridgehead atoms. The van der Waals surface area contributed by atoms with Gasteiger partial charge >= 0.3 is 6.09 Å². The summed E-state index contributed by atoms with van der Waals surface area (Å²) in [6.45, 7) is 11.9. The zero-order valence-electron chi connectivity index (χ0n) is 18.4. The minimum absolute atomic E-state index is 0.0257. The predicted molar refractivity (Wildman–Crippen MR) is 115 cm³/mol. The molecule has 2 aliphatic heterocycles. The fourth-order valence-electron chi connectivity index (χ4n) is 3.78. The van der Waals surface area contributed by atoms with Crippen molar-refractivity contribution in [2.75, 3.05) is 50.7 Å². The number of piperazine rings is 1. The summed E-state index contributed by atoms with van der Waals surface area (Å²) < 4.78 is 5.42. The number of anilines is 1. The fourth-order valence-corrected chi connectivity index (χ4v) is 3.78. The van der Waals surface area contributed by atoms with Crippen molar-refractivity contribution in [3.05, 3.63) is 29.3 Å². The molecule has 3 rings (SSSR count). The van der Waals surface area contributed by atoms with Crippen LogP contribution in [0.3, 0.4) is 0 Å². The van der Waals surface area contributed by atoms with E-state index in [0.717, 1.165) is 37.3 Å². The molecule has 0 unspecified atom stereocenters. The van der Waals surface area contributed by atoms with E-state index in [4.69, 9.17) is 4.74 Å². The summed E-state index contributed by atoms with van der Waals surface area (Å²) in [6, 6.07) is 5.51. The molecule has 1 N–H and O–H groups in total. The molecule has 3 amide bonds. The molecule has 2 aliphatic rings. The maximum absolute atomic E-state index is 12.5. The first-order valence-electron chi connectivity index (χ1n) is 10.5. The zero-order valence-corrected chi connectivity index (χ0v) is 18.4. The summed E-state index contributed by atoms with van der Waals surface area (Å²) in [4.78, 5) is 42.0. The van der Waals surface area contributed by atoms with Gasteiger partial charge in [-0.3, -0.25) is 14.5 Å². The Labute approximate surface area is 178 Å². The molecule has 1 aromatic rings. The minimum Gasteiger partial charge on any atom is -0.444 e. The third-order valence-electron chi connectivity index (χ3n) is 5.35. The minimum atomic E-state index is -0.486.